The van der Waals surface area contributed by atoms with E-state index in [0.29, 0.717) is 0 Å². The van der Waals surface area contributed by atoms with E-state index in [-0.39, 0.29) is 12.3 Å². The summed E-state index contributed by atoms with van der Waals surface area (Å²) in [4.78, 5) is 10.5. The highest BCUT2D eigenvalue weighted by atomic mass is 32.2. The fourth-order valence-electron chi connectivity index (χ4n) is 0.817. The second-order valence-corrected chi connectivity index (χ2v) is 5.02. The first-order valence-corrected chi connectivity index (χ1v) is 5.60. The van der Waals surface area contributed by atoms with Crippen LogP contribution in [0.4, 0.5) is 13.2 Å². The fourth-order valence-corrected chi connectivity index (χ4v) is 1.39. The molecule has 0 fully saturated rings. The van der Waals surface area contributed by atoms with Crippen molar-refractivity contribution in [3.8, 4) is 0 Å². The van der Waals surface area contributed by atoms with Crippen molar-refractivity contribution in [1.29, 1.82) is 0 Å². The van der Waals surface area contributed by atoms with Gasteiger partial charge in [0, 0.05) is 0 Å². The van der Waals surface area contributed by atoms with Crippen LogP contribution in [0, 0.1) is 5.92 Å². The normalized spacial score (nSPS) is 15.1. The summed E-state index contributed by atoms with van der Waals surface area (Å²) in [5.41, 5.74) is -5.61. The highest BCUT2D eigenvalue weighted by Gasteiger charge is 2.49. The summed E-state index contributed by atoms with van der Waals surface area (Å²) in [5, 5.41) is 8.49. The lowest BCUT2D eigenvalue weighted by Crippen LogP contribution is -2.34. The minimum Gasteiger partial charge on any atom is -0.479 e. The van der Waals surface area contributed by atoms with Crippen molar-refractivity contribution in [1.82, 2.24) is 0 Å². The van der Waals surface area contributed by atoms with Gasteiger partial charge >= 0.3 is 21.6 Å². The summed E-state index contributed by atoms with van der Waals surface area (Å²) in [6.45, 7) is 3.05. The molecule has 9 heteroatoms. The molecule has 1 unspecified atom stereocenters. The van der Waals surface area contributed by atoms with Crippen LogP contribution in [0.1, 0.15) is 20.3 Å². The van der Waals surface area contributed by atoms with Crippen LogP contribution in [0.15, 0.2) is 0 Å². The molecule has 0 aliphatic heterocycles. The number of halogens is 3. The van der Waals surface area contributed by atoms with E-state index in [0.717, 1.165) is 0 Å². The second-order valence-electron chi connectivity index (χ2n) is 3.45. The van der Waals surface area contributed by atoms with Gasteiger partial charge in [-0.1, -0.05) is 13.8 Å². The summed E-state index contributed by atoms with van der Waals surface area (Å²) in [6.07, 6.45) is -2.35. The van der Waals surface area contributed by atoms with Crippen molar-refractivity contribution < 1.29 is 35.7 Å². The van der Waals surface area contributed by atoms with E-state index in [4.69, 9.17) is 5.11 Å². The van der Waals surface area contributed by atoms with E-state index in [1.165, 1.54) is 13.8 Å². The molecule has 0 heterocycles. The van der Waals surface area contributed by atoms with Gasteiger partial charge in [0.15, 0.2) is 6.10 Å². The van der Waals surface area contributed by atoms with E-state index in [9.17, 15) is 26.4 Å². The molecule has 1 atom stereocenters. The molecule has 5 nitrogen and oxygen atoms in total. The molecule has 96 valence electrons. The number of hydrogen-bond donors (Lipinski definition) is 1. The Morgan fingerprint density at radius 1 is 1.38 bits per heavy atom. The summed E-state index contributed by atoms with van der Waals surface area (Å²) in [5.74, 6) is -2.06. The zero-order valence-corrected chi connectivity index (χ0v) is 9.30. The van der Waals surface area contributed by atoms with Gasteiger partial charge in [0.05, 0.1) is 0 Å². The molecule has 0 aromatic rings. The molecule has 16 heavy (non-hydrogen) atoms. The average Bonchev–Trinajstić information content (AvgIpc) is 1.98. The number of aliphatic carboxylic acids is 1. The molecular weight excluding hydrogens is 253 g/mol. The first-order chi connectivity index (χ1) is 6.97. The number of carboxylic acid groups (broad SMARTS) is 1. The van der Waals surface area contributed by atoms with Crippen LogP contribution in [-0.4, -0.2) is 31.1 Å². The predicted molar refractivity (Wildman–Crippen MR) is 46.9 cm³/mol. The monoisotopic (exact) mass is 264 g/mol. The van der Waals surface area contributed by atoms with Crippen molar-refractivity contribution in [3.63, 3.8) is 0 Å². The van der Waals surface area contributed by atoms with Crippen LogP contribution >= 0.6 is 0 Å². The zero-order chi connectivity index (χ0) is 13.1. The van der Waals surface area contributed by atoms with Gasteiger partial charge < -0.3 is 5.11 Å². The zero-order valence-electron chi connectivity index (χ0n) is 8.48. The standard InChI is InChI=1S/C7H11F3O5S/c1-4(2)3-5(6(11)12)15-16(13,14)7(8,9)10/h4-5H,3H2,1-2H3,(H,11,12). The molecule has 0 amide bonds. The van der Waals surface area contributed by atoms with Crippen LogP contribution in [0.3, 0.4) is 0 Å². The maximum absolute atomic E-state index is 11.9. The molecule has 0 aliphatic carbocycles. The molecule has 0 saturated heterocycles. The first-order valence-electron chi connectivity index (χ1n) is 4.19. The van der Waals surface area contributed by atoms with Gasteiger partial charge in [0.2, 0.25) is 0 Å². The smallest absolute Gasteiger partial charge is 0.479 e. The van der Waals surface area contributed by atoms with Crippen molar-refractivity contribution in [3.05, 3.63) is 0 Å². The molecule has 0 spiro atoms. The molecule has 0 rings (SSSR count). The third-order valence-corrected chi connectivity index (χ3v) is 2.54. The van der Waals surface area contributed by atoms with E-state index in [2.05, 4.69) is 4.18 Å². The Labute approximate surface area is 90.3 Å². The van der Waals surface area contributed by atoms with Crippen molar-refractivity contribution >= 4 is 16.1 Å². The molecule has 0 saturated carbocycles. The molecule has 0 aromatic carbocycles. The summed E-state index contributed by atoms with van der Waals surface area (Å²) in [7, 11) is -5.87. The van der Waals surface area contributed by atoms with Crippen molar-refractivity contribution in [2.24, 2.45) is 5.92 Å². The van der Waals surface area contributed by atoms with Gasteiger partial charge in [0.1, 0.15) is 0 Å². The Balaban J connectivity index is 4.85. The Hall–Kier alpha value is -0.830. The summed E-state index contributed by atoms with van der Waals surface area (Å²) in [6, 6.07) is 0. The van der Waals surface area contributed by atoms with Gasteiger partial charge in [-0.15, -0.1) is 0 Å². The van der Waals surface area contributed by atoms with Gasteiger partial charge in [-0.05, 0) is 12.3 Å². The Bertz CT molecular complexity index is 346. The highest BCUT2D eigenvalue weighted by Crippen LogP contribution is 2.27. The topological polar surface area (TPSA) is 80.7 Å². The second kappa shape index (κ2) is 5.00. The van der Waals surface area contributed by atoms with Gasteiger partial charge in [-0.3, -0.25) is 0 Å². The molecule has 0 aromatic heterocycles. The molecule has 0 bridgehead atoms. The number of rotatable bonds is 5. The highest BCUT2D eigenvalue weighted by molar-refractivity contribution is 7.87. The van der Waals surface area contributed by atoms with Crippen LogP contribution in [0.5, 0.6) is 0 Å². The Morgan fingerprint density at radius 3 is 2.06 bits per heavy atom. The van der Waals surface area contributed by atoms with Gasteiger partial charge in [-0.2, -0.15) is 21.6 Å². The van der Waals surface area contributed by atoms with Crippen LogP contribution in [-0.2, 0) is 19.1 Å². The fraction of sp³-hybridized carbons (Fsp3) is 0.857. The number of alkyl halides is 3. The lowest BCUT2D eigenvalue weighted by molar-refractivity contribution is -0.146. The van der Waals surface area contributed by atoms with E-state index in [1.54, 1.807) is 0 Å². The lowest BCUT2D eigenvalue weighted by Gasteiger charge is -2.16. The Kier molecular flexibility index (Phi) is 4.74. The lowest BCUT2D eigenvalue weighted by atomic mass is 10.1. The van der Waals surface area contributed by atoms with E-state index >= 15 is 0 Å². The maximum atomic E-state index is 11.9. The number of carbonyl (C=O) groups is 1. The maximum Gasteiger partial charge on any atom is 0.523 e. The largest absolute Gasteiger partial charge is 0.523 e. The summed E-state index contributed by atoms with van der Waals surface area (Å²) < 4.78 is 60.4. The Morgan fingerprint density at radius 2 is 1.81 bits per heavy atom. The number of carboxylic acids is 1. The molecule has 0 aliphatic rings. The number of hydrogen-bond acceptors (Lipinski definition) is 4. The van der Waals surface area contributed by atoms with Crippen molar-refractivity contribution in [2.45, 2.75) is 31.9 Å². The predicted octanol–water partition coefficient (Wildman–Crippen LogP) is 1.35. The van der Waals surface area contributed by atoms with Crippen molar-refractivity contribution in [2.75, 3.05) is 0 Å². The minimum atomic E-state index is -5.87. The van der Waals surface area contributed by atoms with Gasteiger partial charge in [-0.25, -0.2) is 8.98 Å². The quantitative estimate of drug-likeness (QED) is 0.599. The van der Waals surface area contributed by atoms with Gasteiger partial charge in [0.25, 0.3) is 0 Å². The van der Waals surface area contributed by atoms with Crippen LogP contribution in [0.2, 0.25) is 0 Å². The van der Waals surface area contributed by atoms with E-state index in [1.807, 2.05) is 0 Å². The molecule has 0 radical (unpaired) electrons. The van der Waals surface area contributed by atoms with E-state index < -0.39 is 27.7 Å². The summed E-state index contributed by atoms with van der Waals surface area (Å²) >= 11 is 0. The molecule has 1 N–H and O–H groups in total. The average molecular weight is 264 g/mol. The van der Waals surface area contributed by atoms with Crippen LogP contribution in [0.25, 0.3) is 0 Å². The third kappa shape index (κ3) is 4.35. The minimum absolute atomic E-state index is 0.315. The SMILES string of the molecule is CC(C)CC(OS(=O)(=O)C(F)(F)F)C(=O)O. The third-order valence-electron chi connectivity index (χ3n) is 1.49. The van der Waals surface area contributed by atoms with Crippen LogP contribution < -0.4 is 0 Å². The molecular formula is C7H11F3O5S. The first kappa shape index (κ1) is 15.2.